The number of carbonyl (C=O) groups excluding carboxylic acids is 1. The zero-order valence-electron chi connectivity index (χ0n) is 18.4. The number of halogens is 1. The molecule has 0 radical (unpaired) electrons. The molecule has 4 rings (SSSR count). The van der Waals surface area contributed by atoms with E-state index in [9.17, 15) is 13.2 Å². The molecule has 3 aromatic rings. The molecule has 1 saturated carbocycles. The molecule has 1 aromatic heterocycles. The van der Waals surface area contributed by atoms with Crippen LogP contribution in [-0.2, 0) is 21.4 Å². The Morgan fingerprint density at radius 2 is 1.85 bits per heavy atom. The van der Waals surface area contributed by atoms with E-state index in [1.807, 2.05) is 0 Å². The van der Waals surface area contributed by atoms with Gasteiger partial charge in [0.25, 0.3) is 0 Å². The average Bonchev–Trinajstić information content (AvgIpc) is 3.45. The number of hydrogen-bond donors (Lipinski definition) is 1. The van der Waals surface area contributed by atoms with Crippen LogP contribution in [0, 0.1) is 6.92 Å². The first-order valence-electron chi connectivity index (χ1n) is 10.7. The Labute approximate surface area is 198 Å². The van der Waals surface area contributed by atoms with Crippen LogP contribution < -0.4 is 5.32 Å². The summed E-state index contributed by atoms with van der Waals surface area (Å²) in [4.78, 5) is 11.6. The van der Waals surface area contributed by atoms with Crippen LogP contribution in [0.1, 0.15) is 44.1 Å². The van der Waals surface area contributed by atoms with Crippen LogP contribution in [0.5, 0.6) is 0 Å². The van der Waals surface area contributed by atoms with Gasteiger partial charge in [0.1, 0.15) is 0 Å². The highest BCUT2D eigenvalue weighted by Crippen LogP contribution is 2.33. The van der Waals surface area contributed by atoms with Crippen LogP contribution in [0.2, 0.25) is 5.02 Å². The number of sulfonamides is 1. The predicted octanol–water partition coefficient (Wildman–Crippen LogP) is 4.79. The zero-order valence-corrected chi connectivity index (χ0v) is 20.0. The third kappa shape index (κ3) is 5.26. The fourth-order valence-corrected chi connectivity index (χ4v) is 6.06. The lowest BCUT2D eigenvalue weighted by molar-refractivity contribution is -0.114. The Morgan fingerprint density at radius 1 is 1.15 bits per heavy atom. The number of aromatic nitrogens is 2. The van der Waals surface area contributed by atoms with E-state index in [0.29, 0.717) is 27.7 Å². The summed E-state index contributed by atoms with van der Waals surface area (Å²) >= 11 is 5.94. The molecule has 0 bridgehead atoms. The van der Waals surface area contributed by atoms with E-state index in [1.54, 1.807) is 43.3 Å². The number of anilines is 1. The summed E-state index contributed by atoms with van der Waals surface area (Å²) in [7, 11) is -3.90. The number of carbonyl (C=O) groups is 1. The van der Waals surface area contributed by atoms with Crippen molar-refractivity contribution in [3.05, 3.63) is 58.9 Å². The van der Waals surface area contributed by atoms with Crippen LogP contribution >= 0.6 is 11.6 Å². The van der Waals surface area contributed by atoms with Crippen LogP contribution in [0.3, 0.4) is 0 Å². The molecule has 1 N–H and O–H groups in total. The molecule has 0 aliphatic heterocycles. The van der Waals surface area contributed by atoms with Crippen molar-refractivity contribution in [1.29, 1.82) is 0 Å². The molecule has 0 spiro atoms. The quantitative estimate of drug-likeness (QED) is 0.512. The molecule has 10 heteroatoms. The molecule has 2 aromatic carbocycles. The third-order valence-corrected chi connectivity index (χ3v) is 7.97. The first-order valence-corrected chi connectivity index (χ1v) is 12.5. The smallest absolute Gasteiger partial charge is 0.247 e. The van der Waals surface area contributed by atoms with Crippen LogP contribution in [0.15, 0.2) is 51.8 Å². The molecular formula is C23H25ClN4O4S. The minimum absolute atomic E-state index is 0.0304. The number of rotatable bonds is 7. The van der Waals surface area contributed by atoms with Crippen molar-refractivity contribution >= 4 is 33.2 Å². The minimum atomic E-state index is -3.90. The van der Waals surface area contributed by atoms with Gasteiger partial charge in [0.2, 0.25) is 27.7 Å². The number of amides is 1. The van der Waals surface area contributed by atoms with Crippen molar-refractivity contribution in [3.8, 4) is 11.5 Å². The lowest BCUT2D eigenvalue weighted by Crippen LogP contribution is -2.38. The Hall–Kier alpha value is -2.75. The Bertz CT molecular complexity index is 1250. The zero-order chi connectivity index (χ0) is 23.6. The fourth-order valence-electron chi connectivity index (χ4n) is 4.05. The first-order chi connectivity index (χ1) is 15.7. The van der Waals surface area contributed by atoms with Crippen molar-refractivity contribution in [3.63, 3.8) is 0 Å². The van der Waals surface area contributed by atoms with Crippen LogP contribution in [-0.4, -0.2) is 34.9 Å². The van der Waals surface area contributed by atoms with E-state index in [2.05, 4.69) is 15.5 Å². The highest BCUT2D eigenvalue weighted by atomic mass is 35.5. The summed E-state index contributed by atoms with van der Waals surface area (Å²) in [5.74, 6) is 0.246. The summed E-state index contributed by atoms with van der Waals surface area (Å²) < 4.78 is 34.9. The Balaban J connectivity index is 1.67. The number of aryl methyl sites for hydroxylation is 1. The number of hydrogen-bond acceptors (Lipinski definition) is 6. The van der Waals surface area contributed by atoms with Crippen LogP contribution in [0.4, 0.5) is 5.69 Å². The molecule has 1 aliphatic carbocycles. The molecule has 0 unspecified atom stereocenters. The largest absolute Gasteiger partial charge is 0.419 e. The van der Waals surface area contributed by atoms with E-state index in [1.165, 1.54) is 17.3 Å². The van der Waals surface area contributed by atoms with Gasteiger partial charge in [0.05, 0.1) is 11.4 Å². The molecule has 1 heterocycles. The summed E-state index contributed by atoms with van der Waals surface area (Å²) in [5, 5.41) is 11.4. The van der Waals surface area contributed by atoms with Crippen molar-refractivity contribution in [2.24, 2.45) is 0 Å². The summed E-state index contributed by atoms with van der Waals surface area (Å²) in [6.07, 6.45) is 3.45. The van der Waals surface area contributed by atoms with E-state index in [0.717, 1.165) is 25.7 Å². The molecule has 1 fully saturated rings. The second-order valence-electron chi connectivity index (χ2n) is 8.16. The molecule has 0 atom stereocenters. The maximum Gasteiger partial charge on any atom is 0.247 e. The van der Waals surface area contributed by atoms with Gasteiger partial charge in [-0.2, -0.15) is 4.31 Å². The summed E-state index contributed by atoms with van der Waals surface area (Å²) in [5.41, 5.74) is 1.73. The van der Waals surface area contributed by atoms with Gasteiger partial charge < -0.3 is 9.73 Å². The minimum Gasteiger partial charge on any atom is -0.419 e. The highest BCUT2D eigenvalue weighted by Gasteiger charge is 2.35. The molecule has 1 amide bonds. The number of nitrogens with one attached hydrogen (secondary N) is 1. The maximum absolute atomic E-state index is 13.8. The highest BCUT2D eigenvalue weighted by molar-refractivity contribution is 7.89. The molecule has 1 aliphatic rings. The maximum atomic E-state index is 13.8. The van der Waals surface area contributed by atoms with Gasteiger partial charge in [-0.1, -0.05) is 30.5 Å². The average molecular weight is 489 g/mol. The Kier molecular flexibility index (Phi) is 6.83. The van der Waals surface area contributed by atoms with Gasteiger partial charge in [-0.25, -0.2) is 8.42 Å². The van der Waals surface area contributed by atoms with Gasteiger partial charge in [0.15, 0.2) is 0 Å². The predicted molar refractivity (Wildman–Crippen MR) is 125 cm³/mol. The third-order valence-electron chi connectivity index (χ3n) is 5.68. The summed E-state index contributed by atoms with van der Waals surface area (Å²) in [6.45, 7) is 3.09. The topological polar surface area (TPSA) is 105 Å². The molecule has 174 valence electrons. The monoisotopic (exact) mass is 488 g/mol. The van der Waals surface area contributed by atoms with Crippen molar-refractivity contribution in [1.82, 2.24) is 14.5 Å². The second kappa shape index (κ2) is 9.62. The fraction of sp³-hybridized carbons (Fsp3) is 0.348. The molecule has 33 heavy (non-hydrogen) atoms. The molecule has 8 nitrogen and oxygen atoms in total. The van der Waals surface area contributed by atoms with E-state index in [4.69, 9.17) is 16.0 Å². The number of nitrogens with zero attached hydrogens (tertiary/aromatic N) is 3. The van der Waals surface area contributed by atoms with Crippen molar-refractivity contribution < 1.29 is 17.6 Å². The standard InChI is InChI=1S/C23H25ClN4O4S/c1-15-7-12-19(25-16(2)29)13-21(15)33(30,31)28(20-5-3-4-6-20)14-22-26-27-23(32-22)17-8-10-18(24)11-9-17/h7-13,20H,3-6,14H2,1-2H3,(H,25,29). The lowest BCUT2D eigenvalue weighted by Gasteiger charge is -2.27. The second-order valence-corrected chi connectivity index (χ2v) is 10.5. The van der Waals surface area contributed by atoms with Gasteiger partial charge >= 0.3 is 0 Å². The lowest BCUT2D eigenvalue weighted by atomic mass is 10.2. The van der Waals surface area contributed by atoms with Gasteiger partial charge in [0, 0.05) is 29.2 Å². The normalized spacial score (nSPS) is 14.7. The van der Waals surface area contributed by atoms with Crippen LogP contribution in [0.25, 0.3) is 11.5 Å². The van der Waals surface area contributed by atoms with Crippen molar-refractivity contribution in [2.45, 2.75) is 57.0 Å². The SMILES string of the molecule is CC(=O)Nc1ccc(C)c(S(=O)(=O)N(Cc2nnc(-c3ccc(Cl)cc3)o2)C2CCCC2)c1. The van der Waals surface area contributed by atoms with Crippen molar-refractivity contribution in [2.75, 3.05) is 5.32 Å². The van der Waals surface area contributed by atoms with E-state index < -0.39 is 10.0 Å². The molecular weight excluding hydrogens is 464 g/mol. The number of benzene rings is 2. The molecule has 0 saturated heterocycles. The van der Waals surface area contributed by atoms with E-state index in [-0.39, 0.29) is 29.3 Å². The van der Waals surface area contributed by atoms with Gasteiger partial charge in [-0.15, -0.1) is 10.2 Å². The summed E-state index contributed by atoms with van der Waals surface area (Å²) in [6, 6.07) is 11.7. The van der Waals surface area contributed by atoms with Gasteiger partial charge in [-0.3, -0.25) is 4.79 Å². The van der Waals surface area contributed by atoms with Gasteiger partial charge in [-0.05, 0) is 61.7 Å². The van der Waals surface area contributed by atoms with E-state index >= 15 is 0 Å². The first kappa shape index (κ1) is 23.4. The Morgan fingerprint density at radius 3 is 2.52 bits per heavy atom.